The molecule has 0 unspecified atom stereocenters. The number of carbonyl (C=O) groups excluding carboxylic acids is 1. The van der Waals surface area contributed by atoms with E-state index in [1.54, 1.807) is 37.3 Å². The van der Waals surface area contributed by atoms with Gasteiger partial charge in [0, 0.05) is 22.8 Å². The molecule has 0 aliphatic heterocycles. The van der Waals surface area contributed by atoms with Gasteiger partial charge in [-0.3, -0.25) is 4.79 Å². The molecule has 0 fully saturated rings. The Balaban J connectivity index is 2.18. The minimum absolute atomic E-state index is 0.260. The molecule has 2 aromatic carbocycles. The van der Waals surface area contributed by atoms with E-state index in [4.69, 9.17) is 30.5 Å². The summed E-state index contributed by atoms with van der Waals surface area (Å²) in [5.74, 6) is 1.72. The monoisotopic (exact) mass is 394 g/mol. The summed E-state index contributed by atoms with van der Waals surface area (Å²) in [6.07, 6.45) is 0. The fourth-order valence-electron chi connectivity index (χ4n) is 2.50. The molecular formula is C19H23ClN2O5. The molecule has 2 rings (SSSR count). The Kier molecular flexibility index (Phi) is 7.01. The highest BCUT2D eigenvalue weighted by atomic mass is 35.5. The standard InChI is InChI=1S/C19H23ClN2O5/c1-11(19(23)22-14-8-12(20)6-7-15(14)24-2)21-13-9-16(25-3)18(27-5)17(10-13)26-4/h6-11,21H,1-5H3,(H,22,23)/t11-/m1/s1. The van der Waals surface area contributed by atoms with Crippen molar-refractivity contribution in [3.05, 3.63) is 35.4 Å². The zero-order chi connectivity index (χ0) is 20.0. The first-order chi connectivity index (χ1) is 12.9. The van der Waals surface area contributed by atoms with E-state index in [2.05, 4.69) is 10.6 Å². The van der Waals surface area contributed by atoms with E-state index in [1.807, 2.05) is 0 Å². The first-order valence-electron chi connectivity index (χ1n) is 8.14. The van der Waals surface area contributed by atoms with Gasteiger partial charge in [-0.1, -0.05) is 11.6 Å². The van der Waals surface area contributed by atoms with Gasteiger partial charge in [-0.05, 0) is 25.1 Å². The molecule has 0 heterocycles. The Hall–Kier alpha value is -2.80. The highest BCUT2D eigenvalue weighted by Crippen LogP contribution is 2.40. The Bertz CT molecular complexity index is 788. The van der Waals surface area contributed by atoms with E-state index >= 15 is 0 Å². The number of carbonyl (C=O) groups is 1. The van der Waals surface area contributed by atoms with Gasteiger partial charge in [0.25, 0.3) is 0 Å². The summed E-state index contributed by atoms with van der Waals surface area (Å²) in [6.45, 7) is 1.73. The summed E-state index contributed by atoms with van der Waals surface area (Å²) in [5, 5.41) is 6.41. The van der Waals surface area contributed by atoms with Crippen LogP contribution in [0, 0.1) is 0 Å². The van der Waals surface area contributed by atoms with Crippen molar-refractivity contribution in [3.63, 3.8) is 0 Å². The van der Waals surface area contributed by atoms with E-state index in [9.17, 15) is 4.79 Å². The largest absolute Gasteiger partial charge is 0.495 e. The topological polar surface area (TPSA) is 78.1 Å². The zero-order valence-electron chi connectivity index (χ0n) is 15.9. The molecule has 0 bridgehead atoms. The Morgan fingerprint density at radius 2 is 1.52 bits per heavy atom. The maximum absolute atomic E-state index is 12.6. The molecule has 0 spiro atoms. The van der Waals surface area contributed by atoms with Crippen molar-refractivity contribution < 1.29 is 23.7 Å². The first-order valence-corrected chi connectivity index (χ1v) is 8.52. The van der Waals surface area contributed by atoms with Crippen LogP contribution in [0.3, 0.4) is 0 Å². The van der Waals surface area contributed by atoms with Gasteiger partial charge >= 0.3 is 0 Å². The third kappa shape index (κ3) is 4.89. The van der Waals surface area contributed by atoms with Gasteiger partial charge in [-0.25, -0.2) is 0 Å². The van der Waals surface area contributed by atoms with Crippen LogP contribution in [0.5, 0.6) is 23.0 Å². The Morgan fingerprint density at radius 3 is 2.04 bits per heavy atom. The molecule has 27 heavy (non-hydrogen) atoms. The molecule has 0 aliphatic rings. The fraction of sp³-hybridized carbons (Fsp3) is 0.316. The summed E-state index contributed by atoms with van der Waals surface area (Å²) < 4.78 is 21.2. The normalized spacial score (nSPS) is 11.3. The van der Waals surface area contributed by atoms with Crippen molar-refractivity contribution in [1.29, 1.82) is 0 Å². The minimum atomic E-state index is -0.559. The number of hydrogen-bond donors (Lipinski definition) is 2. The van der Waals surface area contributed by atoms with Crippen LogP contribution in [0.4, 0.5) is 11.4 Å². The van der Waals surface area contributed by atoms with Gasteiger partial charge in [0.1, 0.15) is 11.8 Å². The van der Waals surface area contributed by atoms with Crippen LogP contribution in [-0.4, -0.2) is 40.4 Å². The second-order valence-corrected chi connectivity index (χ2v) is 6.05. The number of hydrogen-bond acceptors (Lipinski definition) is 6. The number of nitrogens with one attached hydrogen (secondary N) is 2. The molecular weight excluding hydrogens is 372 g/mol. The van der Waals surface area contributed by atoms with Gasteiger partial charge in [0.05, 0.1) is 34.1 Å². The highest BCUT2D eigenvalue weighted by Gasteiger charge is 2.18. The predicted octanol–water partition coefficient (Wildman–Crippen LogP) is 3.81. The number of methoxy groups -OCH3 is 4. The van der Waals surface area contributed by atoms with Crippen LogP contribution in [0.15, 0.2) is 30.3 Å². The number of ether oxygens (including phenoxy) is 4. The lowest BCUT2D eigenvalue weighted by Crippen LogP contribution is -2.32. The molecule has 146 valence electrons. The first kappa shape index (κ1) is 20.5. The SMILES string of the molecule is COc1ccc(Cl)cc1NC(=O)[C@@H](C)Nc1cc(OC)c(OC)c(OC)c1. The second-order valence-electron chi connectivity index (χ2n) is 5.61. The van der Waals surface area contributed by atoms with E-state index < -0.39 is 6.04 Å². The molecule has 2 aromatic rings. The van der Waals surface area contributed by atoms with Crippen LogP contribution in [0.25, 0.3) is 0 Å². The summed E-state index contributed by atoms with van der Waals surface area (Å²) in [5.41, 5.74) is 1.14. The molecule has 0 saturated carbocycles. The molecule has 0 saturated heterocycles. The van der Waals surface area contributed by atoms with Gasteiger partial charge < -0.3 is 29.6 Å². The number of amides is 1. The molecule has 7 nitrogen and oxygen atoms in total. The Morgan fingerprint density at radius 1 is 0.926 bits per heavy atom. The molecule has 1 atom stereocenters. The van der Waals surface area contributed by atoms with Crippen molar-refractivity contribution in [2.75, 3.05) is 39.1 Å². The lowest BCUT2D eigenvalue weighted by atomic mass is 10.2. The molecule has 0 aromatic heterocycles. The van der Waals surface area contributed by atoms with Crippen molar-refractivity contribution >= 4 is 28.9 Å². The molecule has 1 amide bonds. The van der Waals surface area contributed by atoms with Crippen molar-refractivity contribution in [2.45, 2.75) is 13.0 Å². The van der Waals surface area contributed by atoms with Gasteiger partial charge in [0.15, 0.2) is 11.5 Å². The van der Waals surface area contributed by atoms with E-state index in [0.29, 0.717) is 39.4 Å². The molecule has 2 N–H and O–H groups in total. The Labute approximate surface area is 163 Å². The number of rotatable bonds is 8. The maximum Gasteiger partial charge on any atom is 0.246 e. The third-order valence-corrected chi connectivity index (χ3v) is 4.10. The van der Waals surface area contributed by atoms with Crippen LogP contribution in [0.2, 0.25) is 5.02 Å². The summed E-state index contributed by atoms with van der Waals surface area (Å²) in [7, 11) is 6.11. The average Bonchev–Trinajstić information content (AvgIpc) is 2.67. The number of halogens is 1. The van der Waals surface area contributed by atoms with Gasteiger partial charge in [0.2, 0.25) is 11.7 Å². The van der Waals surface area contributed by atoms with Gasteiger partial charge in [-0.2, -0.15) is 0 Å². The maximum atomic E-state index is 12.6. The summed E-state index contributed by atoms with van der Waals surface area (Å²) >= 11 is 6.00. The van der Waals surface area contributed by atoms with E-state index in [1.165, 1.54) is 28.4 Å². The van der Waals surface area contributed by atoms with Crippen molar-refractivity contribution in [2.24, 2.45) is 0 Å². The average molecular weight is 395 g/mol. The second kappa shape index (κ2) is 9.23. The highest BCUT2D eigenvalue weighted by molar-refractivity contribution is 6.31. The summed E-state index contributed by atoms with van der Waals surface area (Å²) in [6, 6.07) is 7.90. The lowest BCUT2D eigenvalue weighted by molar-refractivity contribution is -0.116. The van der Waals surface area contributed by atoms with Crippen LogP contribution >= 0.6 is 11.6 Å². The van der Waals surface area contributed by atoms with Gasteiger partial charge in [-0.15, -0.1) is 0 Å². The summed E-state index contributed by atoms with van der Waals surface area (Å²) in [4.78, 5) is 12.6. The zero-order valence-corrected chi connectivity index (χ0v) is 16.6. The van der Waals surface area contributed by atoms with Crippen LogP contribution in [-0.2, 0) is 4.79 Å². The smallest absolute Gasteiger partial charge is 0.246 e. The minimum Gasteiger partial charge on any atom is -0.495 e. The number of benzene rings is 2. The van der Waals surface area contributed by atoms with Crippen LogP contribution < -0.4 is 29.6 Å². The van der Waals surface area contributed by atoms with Crippen molar-refractivity contribution in [3.8, 4) is 23.0 Å². The number of anilines is 2. The molecule has 0 aliphatic carbocycles. The van der Waals surface area contributed by atoms with E-state index in [-0.39, 0.29) is 5.91 Å². The molecule has 0 radical (unpaired) electrons. The van der Waals surface area contributed by atoms with Crippen LogP contribution in [0.1, 0.15) is 6.92 Å². The van der Waals surface area contributed by atoms with Crippen molar-refractivity contribution in [1.82, 2.24) is 0 Å². The third-order valence-electron chi connectivity index (χ3n) is 3.86. The predicted molar refractivity (Wildman–Crippen MR) is 106 cm³/mol. The lowest BCUT2D eigenvalue weighted by Gasteiger charge is -2.19. The fourth-order valence-corrected chi connectivity index (χ4v) is 2.67. The van der Waals surface area contributed by atoms with E-state index in [0.717, 1.165) is 0 Å². The quantitative estimate of drug-likeness (QED) is 0.708. The molecule has 8 heteroatoms.